The van der Waals surface area contributed by atoms with Gasteiger partial charge in [-0.1, -0.05) is 13.8 Å². The first-order chi connectivity index (χ1) is 5.86. The summed E-state index contributed by atoms with van der Waals surface area (Å²) in [5.74, 6) is 0. The predicted molar refractivity (Wildman–Crippen MR) is 46.9 cm³/mol. The fraction of sp³-hybridized carbons (Fsp3) is 0.375. The molecule has 0 aliphatic carbocycles. The quantitative estimate of drug-likeness (QED) is 0.592. The van der Waals surface area contributed by atoms with Gasteiger partial charge in [-0.3, -0.25) is 0 Å². The lowest BCUT2D eigenvalue weighted by Crippen LogP contribution is -1.89. The molecular formula is C8H12N4. The number of aromatic nitrogens is 4. The maximum atomic E-state index is 4.13. The number of aryl methyl sites for hydroxylation is 1. The van der Waals surface area contributed by atoms with Crippen molar-refractivity contribution >= 4 is 5.52 Å². The van der Waals surface area contributed by atoms with Gasteiger partial charge >= 0.3 is 0 Å². The molecule has 0 atom stereocenters. The minimum atomic E-state index is 0.979. The number of rotatable bonds is 0. The van der Waals surface area contributed by atoms with E-state index < -0.39 is 0 Å². The van der Waals surface area contributed by atoms with Crippen molar-refractivity contribution < 1.29 is 0 Å². The molecule has 0 saturated carbocycles. The van der Waals surface area contributed by atoms with Crippen LogP contribution in [0.15, 0.2) is 18.6 Å². The highest BCUT2D eigenvalue weighted by Crippen LogP contribution is 2.00. The molecule has 0 aliphatic rings. The zero-order chi connectivity index (χ0) is 8.97. The van der Waals surface area contributed by atoms with E-state index >= 15 is 0 Å². The topological polar surface area (TPSA) is 43.1 Å². The first-order valence-corrected chi connectivity index (χ1v) is 3.99. The van der Waals surface area contributed by atoms with E-state index in [-0.39, 0.29) is 0 Å². The molecule has 2 aromatic heterocycles. The molecule has 0 radical (unpaired) electrons. The Morgan fingerprint density at radius 2 is 2.00 bits per heavy atom. The van der Waals surface area contributed by atoms with E-state index in [1.54, 1.807) is 17.0 Å². The summed E-state index contributed by atoms with van der Waals surface area (Å²) in [6, 6.07) is 1.95. The minimum absolute atomic E-state index is 0.979. The van der Waals surface area contributed by atoms with Gasteiger partial charge in [0.05, 0.1) is 17.4 Å². The SMILES string of the molecule is CC.Cc1cc2cnncn2n1. The van der Waals surface area contributed by atoms with E-state index in [1.807, 2.05) is 26.8 Å². The second-order valence-corrected chi connectivity index (χ2v) is 2.13. The summed E-state index contributed by atoms with van der Waals surface area (Å²) in [5.41, 5.74) is 1.96. The van der Waals surface area contributed by atoms with Crippen molar-refractivity contribution in [1.82, 2.24) is 19.8 Å². The zero-order valence-corrected chi connectivity index (χ0v) is 7.52. The van der Waals surface area contributed by atoms with Crippen LogP contribution in [0.1, 0.15) is 19.5 Å². The molecule has 0 fully saturated rings. The van der Waals surface area contributed by atoms with Crippen molar-refractivity contribution in [2.75, 3.05) is 0 Å². The predicted octanol–water partition coefficient (Wildman–Crippen LogP) is 1.46. The highest BCUT2D eigenvalue weighted by atomic mass is 15.3. The number of nitrogens with zero attached hydrogens (tertiary/aromatic N) is 4. The fourth-order valence-electron chi connectivity index (χ4n) is 0.897. The van der Waals surface area contributed by atoms with Gasteiger partial charge in [-0.2, -0.15) is 10.2 Å². The Morgan fingerprint density at radius 3 is 2.67 bits per heavy atom. The molecule has 2 heterocycles. The summed E-state index contributed by atoms with van der Waals surface area (Å²) < 4.78 is 1.70. The van der Waals surface area contributed by atoms with E-state index in [0.29, 0.717) is 0 Å². The Labute approximate surface area is 71.2 Å². The second kappa shape index (κ2) is 3.80. The summed E-state index contributed by atoms with van der Waals surface area (Å²) in [7, 11) is 0. The second-order valence-electron chi connectivity index (χ2n) is 2.13. The summed E-state index contributed by atoms with van der Waals surface area (Å²) in [4.78, 5) is 0. The first-order valence-electron chi connectivity index (χ1n) is 3.99. The molecular weight excluding hydrogens is 152 g/mol. The van der Waals surface area contributed by atoms with Gasteiger partial charge in [-0.15, -0.1) is 5.10 Å². The Balaban J connectivity index is 0.000000336. The Morgan fingerprint density at radius 1 is 1.25 bits per heavy atom. The molecule has 4 heteroatoms. The molecule has 0 amide bonds. The van der Waals surface area contributed by atoms with Crippen molar-refractivity contribution in [3.8, 4) is 0 Å². The van der Waals surface area contributed by atoms with Gasteiger partial charge in [0.15, 0.2) is 0 Å². The molecule has 64 valence electrons. The maximum Gasteiger partial charge on any atom is 0.140 e. The van der Waals surface area contributed by atoms with E-state index in [9.17, 15) is 0 Å². The average molecular weight is 164 g/mol. The van der Waals surface area contributed by atoms with Crippen molar-refractivity contribution in [3.63, 3.8) is 0 Å². The molecule has 0 bridgehead atoms. The van der Waals surface area contributed by atoms with Gasteiger partial charge in [-0.25, -0.2) is 4.52 Å². The van der Waals surface area contributed by atoms with Crippen LogP contribution >= 0.6 is 0 Å². The van der Waals surface area contributed by atoms with Gasteiger partial charge in [0.2, 0.25) is 0 Å². The number of hydrogen-bond acceptors (Lipinski definition) is 3. The molecule has 0 N–H and O–H groups in total. The van der Waals surface area contributed by atoms with Crippen molar-refractivity contribution in [2.45, 2.75) is 20.8 Å². The highest BCUT2D eigenvalue weighted by Gasteiger charge is 1.93. The number of hydrogen-bond donors (Lipinski definition) is 0. The Hall–Kier alpha value is -1.45. The molecule has 0 aromatic carbocycles. The number of fused-ring (bicyclic) bond motifs is 1. The Bertz CT molecular complexity index is 320. The van der Waals surface area contributed by atoms with E-state index in [1.165, 1.54) is 0 Å². The van der Waals surface area contributed by atoms with E-state index in [0.717, 1.165) is 11.2 Å². The zero-order valence-electron chi connectivity index (χ0n) is 7.52. The summed E-state index contributed by atoms with van der Waals surface area (Å²) >= 11 is 0. The van der Waals surface area contributed by atoms with E-state index in [2.05, 4.69) is 15.3 Å². The van der Waals surface area contributed by atoms with Crippen LogP contribution in [0.25, 0.3) is 5.52 Å². The average Bonchev–Trinajstić information content (AvgIpc) is 2.48. The largest absolute Gasteiger partial charge is 0.219 e. The molecule has 0 saturated heterocycles. The van der Waals surface area contributed by atoms with Gasteiger partial charge in [0.25, 0.3) is 0 Å². The molecule has 0 aliphatic heterocycles. The van der Waals surface area contributed by atoms with Crippen molar-refractivity contribution in [3.05, 3.63) is 24.3 Å². The summed E-state index contributed by atoms with van der Waals surface area (Å²) in [6.45, 7) is 5.94. The van der Waals surface area contributed by atoms with Crippen LogP contribution in [0.5, 0.6) is 0 Å². The molecule has 0 unspecified atom stereocenters. The minimum Gasteiger partial charge on any atom is -0.219 e. The third-order valence-electron chi connectivity index (χ3n) is 1.30. The van der Waals surface area contributed by atoms with Gasteiger partial charge in [0.1, 0.15) is 6.33 Å². The molecule has 2 aromatic rings. The molecule has 0 spiro atoms. The molecule has 4 nitrogen and oxygen atoms in total. The van der Waals surface area contributed by atoms with Crippen LogP contribution in [-0.4, -0.2) is 19.8 Å². The van der Waals surface area contributed by atoms with Crippen molar-refractivity contribution in [2.24, 2.45) is 0 Å². The molecule has 12 heavy (non-hydrogen) atoms. The monoisotopic (exact) mass is 164 g/mol. The van der Waals surface area contributed by atoms with Crippen LogP contribution in [0.2, 0.25) is 0 Å². The van der Waals surface area contributed by atoms with Crippen LogP contribution in [0, 0.1) is 6.92 Å². The lowest BCUT2D eigenvalue weighted by atomic mass is 10.4. The van der Waals surface area contributed by atoms with Crippen molar-refractivity contribution in [1.29, 1.82) is 0 Å². The van der Waals surface area contributed by atoms with Gasteiger partial charge in [-0.05, 0) is 13.0 Å². The normalized spacial score (nSPS) is 9.25. The van der Waals surface area contributed by atoms with Crippen LogP contribution in [-0.2, 0) is 0 Å². The van der Waals surface area contributed by atoms with Crippen LogP contribution in [0.4, 0.5) is 0 Å². The van der Waals surface area contributed by atoms with Gasteiger partial charge in [0, 0.05) is 0 Å². The van der Waals surface area contributed by atoms with Gasteiger partial charge < -0.3 is 0 Å². The summed E-state index contributed by atoms with van der Waals surface area (Å²) in [6.07, 6.45) is 3.27. The third-order valence-corrected chi connectivity index (χ3v) is 1.30. The maximum absolute atomic E-state index is 4.13. The standard InChI is InChI=1S/C6H6N4.C2H6/c1-5-2-6-3-7-8-4-10(6)9-5;1-2/h2-4H,1H3;1-2H3. The highest BCUT2D eigenvalue weighted by molar-refractivity contribution is 5.43. The fourth-order valence-corrected chi connectivity index (χ4v) is 0.897. The third kappa shape index (κ3) is 1.58. The lowest BCUT2D eigenvalue weighted by molar-refractivity contribution is 0.852. The first kappa shape index (κ1) is 8.64. The van der Waals surface area contributed by atoms with Crippen LogP contribution in [0.3, 0.4) is 0 Å². The Kier molecular flexibility index (Phi) is 2.74. The van der Waals surface area contributed by atoms with Crippen LogP contribution < -0.4 is 0 Å². The smallest absolute Gasteiger partial charge is 0.140 e. The van der Waals surface area contributed by atoms with E-state index in [4.69, 9.17) is 0 Å². The summed E-state index contributed by atoms with van der Waals surface area (Å²) in [5, 5.41) is 11.5. The molecule has 2 rings (SSSR count). The lowest BCUT2D eigenvalue weighted by Gasteiger charge is -1.84.